The molecule has 0 saturated heterocycles. The van der Waals surface area contributed by atoms with E-state index in [0.717, 1.165) is 11.1 Å². The number of nitrogens with one attached hydrogen (secondary N) is 2. The summed E-state index contributed by atoms with van der Waals surface area (Å²) in [6.45, 7) is 3.83. The Balaban J connectivity index is 1.55. The Morgan fingerprint density at radius 3 is 2.32 bits per heavy atom. The van der Waals surface area contributed by atoms with Crippen LogP contribution in [0.4, 0.5) is 11.4 Å². The molecule has 0 unspecified atom stereocenters. The molecule has 0 saturated carbocycles. The first-order valence-electron chi connectivity index (χ1n) is 10.0. The van der Waals surface area contributed by atoms with Crippen molar-refractivity contribution in [2.75, 3.05) is 5.32 Å². The molecule has 0 spiro atoms. The van der Waals surface area contributed by atoms with Crippen molar-refractivity contribution in [3.05, 3.63) is 99.1 Å². The lowest BCUT2D eigenvalue weighted by molar-refractivity contribution is -0.385. The van der Waals surface area contributed by atoms with E-state index in [1.54, 1.807) is 24.3 Å². The Morgan fingerprint density at radius 1 is 0.941 bits per heavy atom. The van der Waals surface area contributed by atoms with Gasteiger partial charge in [0, 0.05) is 11.8 Å². The number of rotatable bonds is 6. The van der Waals surface area contributed by atoms with Gasteiger partial charge in [-0.05, 0) is 73.0 Å². The van der Waals surface area contributed by atoms with Gasteiger partial charge in [-0.1, -0.05) is 18.2 Å². The fourth-order valence-corrected chi connectivity index (χ4v) is 2.81. The lowest BCUT2D eigenvalue weighted by atomic mass is 10.1. The predicted octanol–water partition coefficient (Wildman–Crippen LogP) is 3.52. The van der Waals surface area contributed by atoms with E-state index in [1.807, 2.05) is 19.9 Å². The summed E-state index contributed by atoms with van der Waals surface area (Å²) >= 11 is 0. The number of carbonyl (C=O) groups excluding carboxylic acids is 3. The summed E-state index contributed by atoms with van der Waals surface area (Å²) in [5.41, 5.74) is 4.70. The number of nitrogens with zero attached hydrogens (tertiary/aromatic N) is 2. The quantitative estimate of drug-likeness (QED) is 0.144. The van der Waals surface area contributed by atoms with Crippen molar-refractivity contribution in [3.63, 3.8) is 0 Å². The molecule has 0 fully saturated rings. The van der Waals surface area contributed by atoms with E-state index >= 15 is 0 Å². The van der Waals surface area contributed by atoms with Crippen LogP contribution in [0.5, 0.6) is 5.75 Å². The number of hydrogen-bond donors (Lipinski definition) is 2. The monoisotopic (exact) mass is 460 g/mol. The Labute approximate surface area is 194 Å². The molecule has 3 rings (SSSR count). The average molecular weight is 460 g/mol. The molecule has 172 valence electrons. The first-order valence-corrected chi connectivity index (χ1v) is 10.0. The highest BCUT2D eigenvalue weighted by atomic mass is 16.6. The average Bonchev–Trinajstić information content (AvgIpc) is 2.82. The van der Waals surface area contributed by atoms with Gasteiger partial charge >= 0.3 is 17.8 Å². The van der Waals surface area contributed by atoms with Gasteiger partial charge in [-0.15, -0.1) is 0 Å². The minimum Gasteiger partial charge on any atom is -0.423 e. The number of nitro groups is 1. The SMILES string of the molecule is Cc1ccc(NC(=O)C(=O)N/N=C/c2ccc(OC(=O)c3ccccc3[N+](=O)[O-])cc2)cc1C. The fourth-order valence-electron chi connectivity index (χ4n) is 2.81. The largest absolute Gasteiger partial charge is 0.423 e. The Morgan fingerprint density at radius 2 is 1.65 bits per heavy atom. The van der Waals surface area contributed by atoms with Crippen molar-refractivity contribution >= 4 is 35.4 Å². The number of aryl methyl sites for hydroxylation is 2. The number of esters is 1. The van der Waals surface area contributed by atoms with Gasteiger partial charge in [0.2, 0.25) is 0 Å². The summed E-state index contributed by atoms with van der Waals surface area (Å²) in [6.07, 6.45) is 1.30. The number of nitro benzene ring substituents is 1. The Hall–Kier alpha value is -4.86. The molecule has 0 atom stereocenters. The number of amides is 2. The molecule has 3 aromatic rings. The lowest BCUT2D eigenvalue weighted by Crippen LogP contribution is -2.32. The zero-order valence-electron chi connectivity index (χ0n) is 18.3. The van der Waals surface area contributed by atoms with Gasteiger partial charge < -0.3 is 10.1 Å². The van der Waals surface area contributed by atoms with Crippen LogP contribution in [0.15, 0.2) is 71.8 Å². The molecule has 0 aromatic heterocycles. The van der Waals surface area contributed by atoms with Gasteiger partial charge in [0.15, 0.2) is 0 Å². The first-order chi connectivity index (χ1) is 16.2. The molecule has 34 heavy (non-hydrogen) atoms. The molecule has 0 aliphatic rings. The third kappa shape index (κ3) is 6.10. The Kier molecular flexibility index (Phi) is 7.45. The fraction of sp³-hybridized carbons (Fsp3) is 0.0833. The number of hydrogen-bond acceptors (Lipinski definition) is 7. The number of ether oxygens (including phenoxy) is 1. The standard InChI is InChI=1S/C24H20N4O6/c1-15-7-10-18(13-16(15)2)26-22(29)23(30)27-25-14-17-8-11-19(12-9-17)34-24(31)20-5-3-4-6-21(20)28(32)33/h3-14H,1-2H3,(H,26,29)(H,27,30)/b25-14+. The molecule has 0 bridgehead atoms. The van der Waals surface area contributed by atoms with Crippen molar-refractivity contribution in [2.45, 2.75) is 13.8 Å². The van der Waals surface area contributed by atoms with Gasteiger partial charge in [0.25, 0.3) is 5.69 Å². The van der Waals surface area contributed by atoms with Crippen LogP contribution in [0.2, 0.25) is 0 Å². The van der Waals surface area contributed by atoms with E-state index < -0.39 is 22.7 Å². The molecule has 10 nitrogen and oxygen atoms in total. The van der Waals surface area contributed by atoms with E-state index in [4.69, 9.17) is 4.74 Å². The summed E-state index contributed by atoms with van der Waals surface area (Å²) in [7, 11) is 0. The van der Waals surface area contributed by atoms with E-state index in [2.05, 4.69) is 15.8 Å². The topological polar surface area (TPSA) is 140 Å². The maximum absolute atomic E-state index is 12.3. The number of anilines is 1. The minimum atomic E-state index is -0.940. The smallest absolute Gasteiger partial charge is 0.350 e. The van der Waals surface area contributed by atoms with Crippen molar-refractivity contribution < 1.29 is 24.0 Å². The molecule has 0 heterocycles. The molecule has 0 aliphatic heterocycles. The van der Waals surface area contributed by atoms with Crippen LogP contribution in [-0.4, -0.2) is 28.9 Å². The first kappa shape index (κ1) is 23.8. The highest BCUT2D eigenvalue weighted by Gasteiger charge is 2.21. The number of carbonyl (C=O) groups is 3. The molecular formula is C24H20N4O6. The van der Waals surface area contributed by atoms with Crippen molar-refractivity contribution in [1.29, 1.82) is 0 Å². The molecule has 2 amide bonds. The predicted molar refractivity (Wildman–Crippen MR) is 125 cm³/mol. The van der Waals surface area contributed by atoms with Gasteiger partial charge in [-0.2, -0.15) is 5.10 Å². The van der Waals surface area contributed by atoms with Crippen molar-refractivity contribution in [3.8, 4) is 5.75 Å². The van der Waals surface area contributed by atoms with Crippen LogP contribution in [0, 0.1) is 24.0 Å². The number of para-hydroxylation sites is 1. The van der Waals surface area contributed by atoms with Crippen LogP contribution in [-0.2, 0) is 9.59 Å². The highest BCUT2D eigenvalue weighted by molar-refractivity contribution is 6.39. The van der Waals surface area contributed by atoms with Crippen molar-refractivity contribution in [2.24, 2.45) is 5.10 Å². The van der Waals surface area contributed by atoms with E-state index in [9.17, 15) is 24.5 Å². The normalized spacial score (nSPS) is 10.5. The van der Waals surface area contributed by atoms with Crippen LogP contribution in [0.1, 0.15) is 27.0 Å². The highest BCUT2D eigenvalue weighted by Crippen LogP contribution is 2.20. The molecule has 2 N–H and O–H groups in total. The van der Waals surface area contributed by atoms with E-state index in [0.29, 0.717) is 11.3 Å². The van der Waals surface area contributed by atoms with Gasteiger partial charge in [-0.3, -0.25) is 19.7 Å². The second kappa shape index (κ2) is 10.6. The third-order valence-corrected chi connectivity index (χ3v) is 4.76. The van der Waals surface area contributed by atoms with Gasteiger partial charge in [-0.25, -0.2) is 10.2 Å². The van der Waals surface area contributed by atoms with Crippen LogP contribution in [0.3, 0.4) is 0 Å². The Bertz CT molecular complexity index is 1280. The third-order valence-electron chi connectivity index (χ3n) is 4.76. The van der Waals surface area contributed by atoms with Gasteiger partial charge in [0.05, 0.1) is 11.1 Å². The summed E-state index contributed by atoms with van der Waals surface area (Å²) in [4.78, 5) is 46.6. The molecule has 3 aromatic carbocycles. The lowest BCUT2D eigenvalue weighted by Gasteiger charge is -2.06. The maximum Gasteiger partial charge on any atom is 0.350 e. The van der Waals surface area contributed by atoms with Crippen LogP contribution >= 0.6 is 0 Å². The second-order valence-electron chi connectivity index (χ2n) is 7.19. The van der Waals surface area contributed by atoms with Crippen LogP contribution < -0.4 is 15.5 Å². The molecule has 0 aliphatic carbocycles. The van der Waals surface area contributed by atoms with E-state index in [-0.39, 0.29) is 17.0 Å². The summed E-state index contributed by atoms with van der Waals surface area (Å²) in [6, 6.07) is 16.8. The van der Waals surface area contributed by atoms with E-state index in [1.165, 1.54) is 42.6 Å². The molecular weight excluding hydrogens is 440 g/mol. The summed E-state index contributed by atoms with van der Waals surface area (Å²) < 4.78 is 5.18. The molecule has 10 heteroatoms. The molecule has 0 radical (unpaired) electrons. The zero-order chi connectivity index (χ0) is 24.7. The number of benzene rings is 3. The van der Waals surface area contributed by atoms with Crippen LogP contribution in [0.25, 0.3) is 0 Å². The number of hydrazone groups is 1. The van der Waals surface area contributed by atoms with Gasteiger partial charge in [0.1, 0.15) is 11.3 Å². The minimum absolute atomic E-state index is 0.164. The summed E-state index contributed by atoms with van der Waals surface area (Å²) in [5.74, 6) is -2.50. The van der Waals surface area contributed by atoms with Crippen molar-refractivity contribution in [1.82, 2.24) is 5.43 Å². The zero-order valence-corrected chi connectivity index (χ0v) is 18.3. The maximum atomic E-state index is 12.3. The summed E-state index contributed by atoms with van der Waals surface area (Å²) in [5, 5.41) is 17.3. The second-order valence-corrected chi connectivity index (χ2v) is 7.19.